The summed E-state index contributed by atoms with van der Waals surface area (Å²) >= 11 is 0. The van der Waals surface area contributed by atoms with Crippen molar-refractivity contribution in [3.05, 3.63) is 93.8 Å². The zero-order valence-corrected chi connectivity index (χ0v) is 20.6. The van der Waals surface area contributed by atoms with Gasteiger partial charge in [0.25, 0.3) is 5.69 Å². The third-order valence-corrected chi connectivity index (χ3v) is 7.23. The second-order valence-electron chi connectivity index (χ2n) is 9.46. The number of aryl methyl sites for hydroxylation is 2. The summed E-state index contributed by atoms with van der Waals surface area (Å²) in [5, 5.41) is 13.6. The molecule has 196 valence electrons. The smallest absolute Gasteiger partial charge is 0.346 e. The SMILES string of the molecule is Cc1nc2c([N+](=O)[O-])cccc2n1CCCCC1(C(=O)NCC(F)(F)F)c2ccccc2-c2ccccc21. The van der Waals surface area contributed by atoms with Crippen molar-refractivity contribution in [3.63, 3.8) is 0 Å². The van der Waals surface area contributed by atoms with Crippen LogP contribution in [0.15, 0.2) is 66.7 Å². The van der Waals surface area contributed by atoms with Crippen LogP contribution in [-0.2, 0) is 16.8 Å². The number of nitrogens with one attached hydrogen (secondary N) is 1. The molecule has 1 N–H and O–H groups in total. The normalized spacial score (nSPS) is 13.8. The van der Waals surface area contributed by atoms with Crippen LogP contribution >= 0.6 is 0 Å². The van der Waals surface area contributed by atoms with Gasteiger partial charge in [-0.25, -0.2) is 4.98 Å². The molecular weight excluding hydrogens is 497 g/mol. The average Bonchev–Trinajstić information content (AvgIpc) is 3.37. The predicted molar refractivity (Wildman–Crippen MR) is 137 cm³/mol. The Kier molecular flexibility index (Phi) is 6.42. The van der Waals surface area contributed by atoms with Crippen molar-refractivity contribution >= 4 is 22.6 Å². The summed E-state index contributed by atoms with van der Waals surface area (Å²) in [6.45, 7) is 0.864. The molecule has 0 atom stereocenters. The van der Waals surface area contributed by atoms with Crippen LogP contribution in [0.4, 0.5) is 18.9 Å². The fourth-order valence-electron chi connectivity index (χ4n) is 5.62. The van der Waals surface area contributed by atoms with E-state index in [1.807, 2.05) is 41.0 Å². The number of halogens is 3. The van der Waals surface area contributed by atoms with Gasteiger partial charge in [-0.05, 0) is 54.5 Å². The maximum atomic E-state index is 13.6. The van der Waals surface area contributed by atoms with Gasteiger partial charge >= 0.3 is 6.18 Å². The topological polar surface area (TPSA) is 90.1 Å². The van der Waals surface area contributed by atoms with Crippen molar-refractivity contribution in [2.75, 3.05) is 6.54 Å². The Balaban J connectivity index is 1.45. The number of nitro groups is 1. The molecule has 0 saturated carbocycles. The number of hydrogen-bond donors (Lipinski definition) is 1. The Bertz CT molecular complexity index is 1500. The van der Waals surface area contributed by atoms with Crippen molar-refractivity contribution in [2.24, 2.45) is 0 Å². The molecular formula is C28H25F3N4O3. The minimum absolute atomic E-state index is 0.0659. The maximum absolute atomic E-state index is 13.6. The number of rotatable bonds is 8. The molecule has 1 aliphatic rings. The van der Waals surface area contributed by atoms with Crippen LogP contribution in [-0.4, -0.2) is 33.1 Å². The number of unbranched alkanes of at least 4 members (excludes halogenated alkanes) is 1. The highest BCUT2D eigenvalue weighted by atomic mass is 19.4. The molecule has 0 spiro atoms. The predicted octanol–water partition coefficient (Wildman–Crippen LogP) is 6.07. The Hall–Kier alpha value is -4.21. The van der Waals surface area contributed by atoms with Crippen LogP contribution in [0.1, 0.15) is 36.2 Å². The molecule has 7 nitrogen and oxygen atoms in total. The van der Waals surface area contributed by atoms with E-state index in [0.29, 0.717) is 53.8 Å². The quantitative estimate of drug-likeness (QED) is 0.173. The first-order valence-electron chi connectivity index (χ1n) is 12.3. The number of nitrogens with zero attached hydrogens (tertiary/aromatic N) is 3. The minimum atomic E-state index is -4.53. The number of hydrogen-bond acceptors (Lipinski definition) is 4. The van der Waals surface area contributed by atoms with Crippen LogP contribution in [0, 0.1) is 17.0 Å². The number of para-hydroxylation sites is 1. The Labute approximate surface area is 216 Å². The van der Waals surface area contributed by atoms with Gasteiger partial charge in [-0.3, -0.25) is 14.9 Å². The molecule has 0 radical (unpaired) electrons. The molecule has 3 aromatic carbocycles. The van der Waals surface area contributed by atoms with Gasteiger partial charge in [0.1, 0.15) is 17.8 Å². The van der Waals surface area contributed by atoms with Gasteiger partial charge in [0.05, 0.1) is 10.4 Å². The summed E-state index contributed by atoms with van der Waals surface area (Å²) < 4.78 is 41.1. The number of carbonyl (C=O) groups excluding carboxylic acids is 1. The number of fused-ring (bicyclic) bond motifs is 4. The highest BCUT2D eigenvalue weighted by molar-refractivity contribution is 6.00. The van der Waals surface area contributed by atoms with Crippen LogP contribution in [0.2, 0.25) is 0 Å². The Morgan fingerprint density at radius 2 is 1.63 bits per heavy atom. The Morgan fingerprint density at radius 1 is 1.00 bits per heavy atom. The fourth-order valence-corrected chi connectivity index (χ4v) is 5.62. The van der Waals surface area contributed by atoms with E-state index in [2.05, 4.69) is 10.3 Å². The second kappa shape index (κ2) is 9.59. The molecule has 1 aromatic heterocycles. The van der Waals surface area contributed by atoms with Gasteiger partial charge in [-0.2, -0.15) is 13.2 Å². The summed E-state index contributed by atoms with van der Waals surface area (Å²) in [4.78, 5) is 28.9. The van der Waals surface area contributed by atoms with Gasteiger partial charge in [-0.1, -0.05) is 54.6 Å². The number of imidazole rings is 1. The van der Waals surface area contributed by atoms with Crippen LogP contribution < -0.4 is 5.32 Å². The lowest BCUT2D eigenvalue weighted by atomic mass is 9.73. The number of benzene rings is 3. The molecule has 5 rings (SSSR count). The van der Waals surface area contributed by atoms with E-state index < -0.39 is 29.0 Å². The van der Waals surface area contributed by atoms with E-state index in [-0.39, 0.29) is 5.69 Å². The summed E-state index contributed by atoms with van der Waals surface area (Å²) in [7, 11) is 0. The van der Waals surface area contributed by atoms with Crippen LogP contribution in [0.25, 0.3) is 22.2 Å². The van der Waals surface area contributed by atoms with E-state index in [4.69, 9.17) is 0 Å². The first-order valence-corrected chi connectivity index (χ1v) is 12.3. The monoisotopic (exact) mass is 522 g/mol. The fraction of sp³-hybridized carbons (Fsp3) is 0.286. The highest BCUT2D eigenvalue weighted by Gasteiger charge is 2.49. The first kappa shape index (κ1) is 25.4. The molecule has 1 aliphatic carbocycles. The summed E-state index contributed by atoms with van der Waals surface area (Å²) in [6, 6.07) is 19.5. The van der Waals surface area contributed by atoms with Crippen molar-refractivity contribution in [3.8, 4) is 11.1 Å². The summed E-state index contributed by atoms with van der Waals surface area (Å²) in [5.41, 5.74) is 2.71. The van der Waals surface area contributed by atoms with Crippen LogP contribution in [0.3, 0.4) is 0 Å². The highest BCUT2D eigenvalue weighted by Crippen LogP contribution is 2.51. The van der Waals surface area contributed by atoms with E-state index in [0.717, 1.165) is 11.1 Å². The molecule has 0 unspecified atom stereocenters. The molecule has 0 saturated heterocycles. The van der Waals surface area contributed by atoms with Gasteiger partial charge in [0, 0.05) is 12.6 Å². The molecule has 0 aliphatic heterocycles. The summed E-state index contributed by atoms with van der Waals surface area (Å²) in [6.07, 6.45) is -3.11. The lowest BCUT2D eigenvalue weighted by Gasteiger charge is -2.31. The van der Waals surface area contributed by atoms with Gasteiger partial charge in [0.15, 0.2) is 5.52 Å². The minimum Gasteiger partial charge on any atom is -0.346 e. The average molecular weight is 523 g/mol. The van der Waals surface area contributed by atoms with Crippen molar-refractivity contribution in [2.45, 2.75) is 44.3 Å². The van der Waals surface area contributed by atoms with Crippen molar-refractivity contribution in [1.82, 2.24) is 14.9 Å². The number of aromatic nitrogens is 2. The lowest BCUT2D eigenvalue weighted by molar-refractivity contribution is -0.383. The van der Waals surface area contributed by atoms with Crippen molar-refractivity contribution < 1.29 is 22.9 Å². The van der Waals surface area contributed by atoms with E-state index >= 15 is 0 Å². The molecule has 1 amide bonds. The zero-order chi connectivity index (χ0) is 27.1. The van der Waals surface area contributed by atoms with Crippen molar-refractivity contribution in [1.29, 1.82) is 0 Å². The standard InChI is InChI=1S/C28H25F3N4O3/c1-18-33-25-23(13-8-14-24(25)35(37)38)34(18)16-7-6-15-27(26(36)32-17-28(29,30)31)21-11-4-2-9-19(21)20-10-3-5-12-22(20)27/h2-5,8-14H,6-7,15-17H2,1H3,(H,32,36). The van der Waals surface area contributed by atoms with E-state index in [1.54, 1.807) is 31.2 Å². The number of carbonyl (C=O) groups is 1. The molecule has 1 heterocycles. The van der Waals surface area contributed by atoms with Gasteiger partial charge in [-0.15, -0.1) is 0 Å². The van der Waals surface area contributed by atoms with Gasteiger partial charge < -0.3 is 9.88 Å². The lowest BCUT2D eigenvalue weighted by Crippen LogP contribution is -2.47. The molecule has 0 bridgehead atoms. The number of alkyl halides is 3. The molecule has 0 fully saturated rings. The maximum Gasteiger partial charge on any atom is 0.405 e. The zero-order valence-electron chi connectivity index (χ0n) is 20.6. The van der Waals surface area contributed by atoms with E-state index in [1.165, 1.54) is 6.07 Å². The third kappa shape index (κ3) is 4.29. The molecule has 38 heavy (non-hydrogen) atoms. The largest absolute Gasteiger partial charge is 0.405 e. The first-order chi connectivity index (χ1) is 18.1. The second-order valence-corrected chi connectivity index (χ2v) is 9.46. The van der Waals surface area contributed by atoms with Crippen LogP contribution in [0.5, 0.6) is 0 Å². The molecule has 10 heteroatoms. The third-order valence-electron chi connectivity index (χ3n) is 7.23. The number of non-ortho nitro benzene ring substituents is 1. The van der Waals surface area contributed by atoms with Gasteiger partial charge in [0.2, 0.25) is 5.91 Å². The summed E-state index contributed by atoms with van der Waals surface area (Å²) in [5.74, 6) is -0.0457. The Morgan fingerprint density at radius 3 is 2.24 bits per heavy atom. The van der Waals surface area contributed by atoms with E-state index in [9.17, 15) is 28.1 Å². The molecule has 4 aromatic rings. The number of nitro benzene ring substituents is 1. The number of amides is 1.